The molecular weight excluding hydrogens is 349 g/mol. The van der Waals surface area contributed by atoms with Gasteiger partial charge in [0.05, 0.1) is 16.2 Å². The fourth-order valence-electron chi connectivity index (χ4n) is 1.52. The summed E-state index contributed by atoms with van der Waals surface area (Å²) in [6.45, 7) is 0. The number of carboxylic acids is 1. The van der Waals surface area contributed by atoms with Crippen LogP contribution < -0.4 is 5.32 Å². The van der Waals surface area contributed by atoms with E-state index in [1.165, 1.54) is 12.1 Å². The molecule has 0 saturated heterocycles. The van der Waals surface area contributed by atoms with Crippen LogP contribution in [0.1, 0.15) is 10.4 Å². The Morgan fingerprint density at radius 2 is 2.14 bits per heavy atom. The molecule has 2 aromatic rings. The third-order valence-corrected chi connectivity index (χ3v) is 2.99. The van der Waals surface area contributed by atoms with Gasteiger partial charge in [-0.1, -0.05) is 15.9 Å². The zero-order valence-electron chi connectivity index (χ0n) is 10.2. The summed E-state index contributed by atoms with van der Waals surface area (Å²) in [6, 6.07) is 4.95. The average Bonchev–Trinajstić information content (AvgIpc) is 2.41. The minimum Gasteiger partial charge on any atom is -0.478 e. The molecule has 0 saturated carbocycles. The first kappa shape index (κ1) is 14.9. The van der Waals surface area contributed by atoms with Crippen molar-refractivity contribution in [2.24, 2.45) is 0 Å². The number of hydrogen-bond acceptors (Lipinski definition) is 5. The smallest absolute Gasteiger partial charge is 0.337 e. The quantitative estimate of drug-likeness (QED) is 0.643. The van der Waals surface area contributed by atoms with Crippen LogP contribution in [-0.4, -0.2) is 21.0 Å². The van der Waals surface area contributed by atoms with E-state index < -0.39 is 22.4 Å². The molecule has 1 aromatic carbocycles. The minimum atomic E-state index is -1.34. The third kappa shape index (κ3) is 3.31. The Morgan fingerprint density at radius 1 is 1.43 bits per heavy atom. The van der Waals surface area contributed by atoms with Crippen molar-refractivity contribution in [1.29, 1.82) is 0 Å². The SMILES string of the molecule is O=C(O)c1cnc(Nc2ccc(Br)cc2F)c([N+](=O)[O-])c1. The summed E-state index contributed by atoms with van der Waals surface area (Å²) in [6.07, 6.45) is 0.953. The molecule has 0 amide bonds. The molecule has 0 fully saturated rings. The molecule has 7 nitrogen and oxygen atoms in total. The van der Waals surface area contributed by atoms with Gasteiger partial charge in [0.1, 0.15) is 5.82 Å². The second kappa shape index (κ2) is 5.83. The molecule has 0 radical (unpaired) electrons. The van der Waals surface area contributed by atoms with Gasteiger partial charge < -0.3 is 10.4 Å². The molecule has 1 heterocycles. The van der Waals surface area contributed by atoms with Gasteiger partial charge in [-0.25, -0.2) is 14.2 Å². The van der Waals surface area contributed by atoms with Crippen LogP contribution in [0, 0.1) is 15.9 Å². The number of carbonyl (C=O) groups is 1. The monoisotopic (exact) mass is 355 g/mol. The summed E-state index contributed by atoms with van der Waals surface area (Å²) < 4.78 is 14.2. The maximum atomic E-state index is 13.7. The molecule has 1 aromatic heterocycles. The Hall–Kier alpha value is -2.55. The summed E-state index contributed by atoms with van der Waals surface area (Å²) in [4.78, 5) is 24.6. The maximum absolute atomic E-state index is 13.7. The number of aromatic nitrogens is 1. The van der Waals surface area contributed by atoms with Gasteiger partial charge in [-0.15, -0.1) is 0 Å². The van der Waals surface area contributed by atoms with Crippen LogP contribution in [-0.2, 0) is 0 Å². The van der Waals surface area contributed by atoms with Crippen molar-refractivity contribution in [2.75, 3.05) is 5.32 Å². The molecule has 0 aliphatic carbocycles. The molecule has 0 bridgehead atoms. The van der Waals surface area contributed by atoms with Gasteiger partial charge in [-0.2, -0.15) is 0 Å². The zero-order valence-corrected chi connectivity index (χ0v) is 11.8. The van der Waals surface area contributed by atoms with E-state index in [0.717, 1.165) is 12.3 Å². The Bertz CT molecular complexity index is 738. The lowest BCUT2D eigenvalue weighted by Crippen LogP contribution is -2.05. The fourth-order valence-corrected chi connectivity index (χ4v) is 1.86. The van der Waals surface area contributed by atoms with Crippen LogP contribution in [0.25, 0.3) is 0 Å². The number of rotatable bonds is 4. The van der Waals surface area contributed by atoms with Crippen molar-refractivity contribution in [1.82, 2.24) is 4.98 Å². The molecule has 2 rings (SSSR count). The number of carboxylic acid groups (broad SMARTS) is 1. The average molecular weight is 356 g/mol. The summed E-state index contributed by atoms with van der Waals surface area (Å²) >= 11 is 3.09. The highest BCUT2D eigenvalue weighted by molar-refractivity contribution is 9.10. The highest BCUT2D eigenvalue weighted by atomic mass is 79.9. The van der Waals surface area contributed by atoms with Crippen LogP contribution in [0.5, 0.6) is 0 Å². The van der Waals surface area contributed by atoms with Gasteiger partial charge in [-0.05, 0) is 18.2 Å². The lowest BCUT2D eigenvalue weighted by atomic mass is 10.2. The number of nitro groups is 1. The van der Waals surface area contributed by atoms with Gasteiger partial charge in [0.15, 0.2) is 0 Å². The lowest BCUT2D eigenvalue weighted by molar-refractivity contribution is -0.384. The summed E-state index contributed by atoms with van der Waals surface area (Å²) in [5.41, 5.74) is -0.905. The van der Waals surface area contributed by atoms with Gasteiger partial charge in [0.2, 0.25) is 5.82 Å². The predicted octanol–water partition coefficient (Wildman–Crippen LogP) is 3.33. The Balaban J connectivity index is 2.44. The molecule has 21 heavy (non-hydrogen) atoms. The molecule has 0 aliphatic heterocycles. The molecule has 0 aliphatic rings. The second-order valence-electron chi connectivity index (χ2n) is 3.90. The van der Waals surface area contributed by atoms with E-state index in [-0.39, 0.29) is 17.1 Å². The van der Waals surface area contributed by atoms with Gasteiger partial charge in [0.25, 0.3) is 0 Å². The van der Waals surface area contributed by atoms with E-state index in [1.807, 2.05) is 0 Å². The molecule has 9 heteroatoms. The third-order valence-electron chi connectivity index (χ3n) is 2.50. The second-order valence-corrected chi connectivity index (χ2v) is 4.82. The maximum Gasteiger partial charge on any atom is 0.337 e. The van der Waals surface area contributed by atoms with Crippen molar-refractivity contribution in [2.45, 2.75) is 0 Å². The Labute approximate surface area is 125 Å². The normalized spacial score (nSPS) is 10.2. The zero-order chi connectivity index (χ0) is 15.6. The van der Waals surface area contributed by atoms with Crippen LogP contribution in [0.15, 0.2) is 34.9 Å². The van der Waals surface area contributed by atoms with Crippen LogP contribution in [0.2, 0.25) is 0 Å². The van der Waals surface area contributed by atoms with E-state index in [0.29, 0.717) is 4.47 Å². The fraction of sp³-hybridized carbons (Fsp3) is 0. The molecule has 0 spiro atoms. The summed E-state index contributed by atoms with van der Waals surface area (Å²) in [5, 5.41) is 22.2. The Kier molecular flexibility index (Phi) is 4.13. The molecule has 108 valence electrons. The predicted molar refractivity (Wildman–Crippen MR) is 75.2 cm³/mol. The highest BCUT2D eigenvalue weighted by Crippen LogP contribution is 2.28. The number of nitrogens with one attached hydrogen (secondary N) is 1. The van der Waals surface area contributed by atoms with Crippen LogP contribution >= 0.6 is 15.9 Å². The van der Waals surface area contributed by atoms with E-state index >= 15 is 0 Å². The number of benzene rings is 1. The van der Waals surface area contributed by atoms with Crippen molar-refractivity contribution in [3.8, 4) is 0 Å². The van der Waals surface area contributed by atoms with Gasteiger partial charge in [0, 0.05) is 16.7 Å². The number of aromatic carboxylic acids is 1. The van der Waals surface area contributed by atoms with E-state index in [2.05, 4.69) is 26.2 Å². The van der Waals surface area contributed by atoms with Crippen molar-refractivity contribution >= 4 is 39.1 Å². The topological polar surface area (TPSA) is 105 Å². The van der Waals surface area contributed by atoms with Gasteiger partial charge >= 0.3 is 11.7 Å². The van der Waals surface area contributed by atoms with E-state index in [4.69, 9.17) is 5.11 Å². The van der Waals surface area contributed by atoms with Crippen LogP contribution in [0.4, 0.5) is 21.6 Å². The lowest BCUT2D eigenvalue weighted by Gasteiger charge is -2.08. The van der Waals surface area contributed by atoms with E-state index in [9.17, 15) is 19.3 Å². The molecular formula is C12H7BrFN3O4. The molecule has 0 atom stereocenters. The van der Waals surface area contributed by atoms with Crippen LogP contribution in [0.3, 0.4) is 0 Å². The number of nitrogens with zero attached hydrogens (tertiary/aromatic N) is 2. The first-order valence-electron chi connectivity index (χ1n) is 5.48. The number of pyridine rings is 1. The Morgan fingerprint density at radius 3 is 2.71 bits per heavy atom. The minimum absolute atomic E-state index is 0.0168. The standard InChI is InChI=1S/C12H7BrFN3O4/c13-7-1-2-9(8(14)4-7)16-11-10(17(20)21)3-6(5-15-11)12(18)19/h1-5H,(H,15,16)(H,18,19). The summed E-state index contributed by atoms with van der Waals surface area (Å²) in [7, 11) is 0. The van der Waals surface area contributed by atoms with Crippen molar-refractivity contribution < 1.29 is 19.2 Å². The number of hydrogen-bond donors (Lipinski definition) is 2. The first-order chi connectivity index (χ1) is 9.88. The van der Waals surface area contributed by atoms with Crippen molar-refractivity contribution in [3.05, 3.63) is 56.4 Å². The number of halogens is 2. The van der Waals surface area contributed by atoms with Gasteiger partial charge in [-0.3, -0.25) is 10.1 Å². The summed E-state index contributed by atoms with van der Waals surface area (Å²) in [5.74, 6) is -2.22. The number of anilines is 2. The van der Waals surface area contributed by atoms with Crippen molar-refractivity contribution in [3.63, 3.8) is 0 Å². The molecule has 2 N–H and O–H groups in total. The largest absolute Gasteiger partial charge is 0.478 e. The first-order valence-corrected chi connectivity index (χ1v) is 6.27. The highest BCUT2D eigenvalue weighted by Gasteiger charge is 2.20. The van der Waals surface area contributed by atoms with E-state index in [1.54, 1.807) is 6.07 Å². The molecule has 0 unspecified atom stereocenters.